The summed E-state index contributed by atoms with van der Waals surface area (Å²) in [4.78, 5) is 15.7. The van der Waals surface area contributed by atoms with E-state index in [1.165, 1.54) is 0 Å². The van der Waals surface area contributed by atoms with E-state index in [9.17, 15) is 4.79 Å². The molecule has 0 N–H and O–H groups in total. The Morgan fingerprint density at radius 2 is 2.43 bits per heavy atom. The van der Waals surface area contributed by atoms with Gasteiger partial charge in [-0.2, -0.15) is 0 Å². The van der Waals surface area contributed by atoms with Crippen molar-refractivity contribution in [2.45, 2.75) is 26.3 Å². The molecular weight excluding hydrogens is 244 g/mol. The number of hydrogen-bond donors (Lipinski definition) is 0. The zero-order valence-electron chi connectivity index (χ0n) is 7.96. The number of hydrogen-bond acceptors (Lipinski definition) is 2. The number of terminal acetylenes is 1. The Balaban J connectivity index is 2.85. The molecule has 0 aliphatic heterocycles. The maximum absolute atomic E-state index is 11.6. The fourth-order valence-electron chi connectivity index (χ4n) is 1.06. The molecule has 0 spiro atoms. The number of nitrogens with zero attached hydrogens (tertiary/aromatic N) is 2. The second-order valence-electron chi connectivity index (χ2n) is 2.95. The minimum Gasteiger partial charge on any atom is -0.298 e. The molecule has 0 saturated carbocycles. The van der Waals surface area contributed by atoms with Crippen molar-refractivity contribution >= 4 is 15.9 Å². The SMILES string of the molecule is C#CCCCn1cnc(C)c(Br)c1=O. The van der Waals surface area contributed by atoms with Gasteiger partial charge in [-0.3, -0.25) is 9.36 Å². The van der Waals surface area contributed by atoms with E-state index in [4.69, 9.17) is 6.42 Å². The summed E-state index contributed by atoms with van der Waals surface area (Å²) >= 11 is 3.20. The third-order valence-electron chi connectivity index (χ3n) is 1.88. The standard InChI is InChI=1S/C10H11BrN2O/c1-3-4-5-6-13-7-12-8(2)9(11)10(13)14/h1,7H,4-6H2,2H3. The van der Waals surface area contributed by atoms with Gasteiger partial charge in [-0.05, 0) is 29.3 Å². The maximum atomic E-state index is 11.6. The van der Waals surface area contributed by atoms with E-state index >= 15 is 0 Å². The molecule has 0 atom stereocenters. The van der Waals surface area contributed by atoms with Crippen LogP contribution in [0.3, 0.4) is 0 Å². The first-order valence-corrected chi connectivity index (χ1v) is 5.11. The summed E-state index contributed by atoms with van der Waals surface area (Å²) in [5.74, 6) is 2.54. The monoisotopic (exact) mass is 254 g/mol. The highest BCUT2D eigenvalue weighted by molar-refractivity contribution is 9.10. The lowest BCUT2D eigenvalue weighted by molar-refractivity contribution is 0.616. The second-order valence-corrected chi connectivity index (χ2v) is 3.74. The molecule has 0 aliphatic rings. The molecule has 1 aromatic rings. The summed E-state index contributed by atoms with van der Waals surface area (Å²) in [6.07, 6.45) is 8.15. The quantitative estimate of drug-likeness (QED) is 0.609. The van der Waals surface area contributed by atoms with Gasteiger partial charge in [0.25, 0.3) is 5.56 Å². The van der Waals surface area contributed by atoms with Gasteiger partial charge in [0.2, 0.25) is 0 Å². The van der Waals surface area contributed by atoms with E-state index in [1.54, 1.807) is 17.8 Å². The van der Waals surface area contributed by atoms with Gasteiger partial charge in [0.05, 0.1) is 12.0 Å². The predicted octanol–water partition coefficient (Wildman–Crippen LogP) is 1.73. The Bertz CT molecular complexity index is 417. The number of aryl methyl sites for hydroxylation is 2. The van der Waals surface area contributed by atoms with Crippen LogP contribution in [0.5, 0.6) is 0 Å². The summed E-state index contributed by atoms with van der Waals surface area (Å²) < 4.78 is 2.09. The topological polar surface area (TPSA) is 34.9 Å². The van der Waals surface area contributed by atoms with E-state index in [1.807, 2.05) is 0 Å². The summed E-state index contributed by atoms with van der Waals surface area (Å²) in [7, 11) is 0. The van der Waals surface area contributed by atoms with Crippen LogP contribution in [0.15, 0.2) is 15.6 Å². The normalized spacial score (nSPS) is 9.79. The van der Waals surface area contributed by atoms with Gasteiger partial charge in [0.15, 0.2) is 0 Å². The van der Waals surface area contributed by atoms with Crippen molar-refractivity contribution < 1.29 is 0 Å². The largest absolute Gasteiger partial charge is 0.298 e. The number of halogens is 1. The molecule has 4 heteroatoms. The van der Waals surface area contributed by atoms with E-state index in [-0.39, 0.29) is 5.56 Å². The van der Waals surface area contributed by atoms with Crippen LogP contribution in [0.4, 0.5) is 0 Å². The highest BCUT2D eigenvalue weighted by Gasteiger charge is 2.04. The first-order valence-electron chi connectivity index (χ1n) is 4.32. The zero-order chi connectivity index (χ0) is 10.6. The lowest BCUT2D eigenvalue weighted by Gasteiger charge is -2.04. The molecule has 0 bridgehead atoms. The average Bonchev–Trinajstić information content (AvgIpc) is 2.18. The van der Waals surface area contributed by atoms with Gasteiger partial charge in [0, 0.05) is 13.0 Å². The predicted molar refractivity (Wildman–Crippen MR) is 59.0 cm³/mol. The summed E-state index contributed by atoms with van der Waals surface area (Å²) in [6, 6.07) is 0. The molecule has 3 nitrogen and oxygen atoms in total. The fraction of sp³-hybridized carbons (Fsp3) is 0.400. The molecule has 74 valence electrons. The minimum absolute atomic E-state index is 0.0467. The van der Waals surface area contributed by atoms with Crippen LogP contribution in [0.2, 0.25) is 0 Å². The molecule has 0 radical (unpaired) electrons. The highest BCUT2D eigenvalue weighted by atomic mass is 79.9. The van der Waals surface area contributed by atoms with Gasteiger partial charge in [-0.1, -0.05) is 0 Å². The first-order chi connectivity index (χ1) is 6.66. The van der Waals surface area contributed by atoms with Gasteiger partial charge < -0.3 is 0 Å². The van der Waals surface area contributed by atoms with Crippen molar-refractivity contribution in [3.05, 3.63) is 26.8 Å². The maximum Gasteiger partial charge on any atom is 0.267 e. The van der Waals surface area contributed by atoms with Crippen LogP contribution in [0, 0.1) is 19.3 Å². The van der Waals surface area contributed by atoms with Crippen LogP contribution in [-0.4, -0.2) is 9.55 Å². The van der Waals surface area contributed by atoms with Crippen LogP contribution in [-0.2, 0) is 6.54 Å². The van der Waals surface area contributed by atoms with Crippen LogP contribution in [0.25, 0.3) is 0 Å². The van der Waals surface area contributed by atoms with Gasteiger partial charge >= 0.3 is 0 Å². The Morgan fingerprint density at radius 3 is 3.07 bits per heavy atom. The van der Waals surface area contributed by atoms with Crippen molar-refractivity contribution in [2.75, 3.05) is 0 Å². The molecule has 0 amide bonds. The van der Waals surface area contributed by atoms with Crippen molar-refractivity contribution in [1.82, 2.24) is 9.55 Å². The van der Waals surface area contributed by atoms with E-state index < -0.39 is 0 Å². The first kappa shape index (κ1) is 11.0. The van der Waals surface area contributed by atoms with E-state index in [0.29, 0.717) is 23.1 Å². The molecule has 14 heavy (non-hydrogen) atoms. The van der Waals surface area contributed by atoms with Crippen molar-refractivity contribution in [3.8, 4) is 12.3 Å². The lowest BCUT2D eigenvalue weighted by Crippen LogP contribution is -2.22. The summed E-state index contributed by atoms with van der Waals surface area (Å²) in [5.41, 5.74) is 0.665. The number of aromatic nitrogens is 2. The van der Waals surface area contributed by atoms with E-state index in [0.717, 1.165) is 6.42 Å². The van der Waals surface area contributed by atoms with Gasteiger partial charge in [-0.25, -0.2) is 4.98 Å². The molecule has 1 aromatic heterocycles. The number of unbranched alkanes of at least 4 members (excludes halogenated alkanes) is 1. The lowest BCUT2D eigenvalue weighted by atomic mass is 10.3. The Kier molecular flexibility index (Phi) is 3.90. The summed E-state index contributed by atoms with van der Waals surface area (Å²) in [5, 5.41) is 0. The van der Waals surface area contributed by atoms with Gasteiger partial charge in [0.1, 0.15) is 4.47 Å². The molecule has 0 aliphatic carbocycles. The Hall–Kier alpha value is -1.08. The third kappa shape index (κ3) is 2.46. The zero-order valence-corrected chi connectivity index (χ0v) is 9.54. The van der Waals surface area contributed by atoms with Crippen molar-refractivity contribution in [2.24, 2.45) is 0 Å². The molecule has 0 unspecified atom stereocenters. The Morgan fingerprint density at radius 1 is 1.71 bits per heavy atom. The van der Waals surface area contributed by atoms with Crippen LogP contribution in [0.1, 0.15) is 18.5 Å². The minimum atomic E-state index is -0.0467. The molecule has 1 heterocycles. The van der Waals surface area contributed by atoms with Crippen molar-refractivity contribution in [3.63, 3.8) is 0 Å². The van der Waals surface area contributed by atoms with Crippen molar-refractivity contribution in [1.29, 1.82) is 0 Å². The third-order valence-corrected chi connectivity index (χ3v) is 2.79. The molecule has 0 saturated heterocycles. The molecular formula is C10H11BrN2O. The Labute approximate surface area is 91.3 Å². The molecule has 0 aromatic carbocycles. The molecule has 1 rings (SSSR count). The number of rotatable bonds is 3. The smallest absolute Gasteiger partial charge is 0.267 e. The van der Waals surface area contributed by atoms with E-state index in [2.05, 4.69) is 26.8 Å². The van der Waals surface area contributed by atoms with Crippen LogP contribution < -0.4 is 5.56 Å². The van der Waals surface area contributed by atoms with Crippen LogP contribution >= 0.6 is 15.9 Å². The molecule has 0 fully saturated rings. The summed E-state index contributed by atoms with van der Waals surface area (Å²) in [6.45, 7) is 2.41. The average molecular weight is 255 g/mol. The van der Waals surface area contributed by atoms with Gasteiger partial charge in [-0.15, -0.1) is 12.3 Å². The fourth-order valence-corrected chi connectivity index (χ4v) is 1.39. The second kappa shape index (κ2) is 4.97. The highest BCUT2D eigenvalue weighted by Crippen LogP contribution is 2.06.